The molecule has 0 aromatic heterocycles. The number of carboxylic acids is 1. The molecule has 14 heteroatoms. The Bertz CT molecular complexity index is 1120. The molecule has 0 aliphatic heterocycles. The van der Waals surface area contributed by atoms with Gasteiger partial charge in [-0.05, 0) is 45.4 Å². The van der Waals surface area contributed by atoms with Crippen LogP contribution in [0.4, 0.5) is 0 Å². The van der Waals surface area contributed by atoms with Crippen molar-refractivity contribution >= 4 is 35.3 Å². The van der Waals surface area contributed by atoms with Crippen molar-refractivity contribution < 1.29 is 52.8 Å². The molecule has 356 valence electrons. The molecule has 0 radical (unpaired) electrons. The van der Waals surface area contributed by atoms with Gasteiger partial charge in [0.2, 0.25) is 17.7 Å². The molecule has 0 spiro atoms. The molecule has 0 unspecified atom stereocenters. The van der Waals surface area contributed by atoms with Crippen molar-refractivity contribution in [3.8, 4) is 0 Å². The summed E-state index contributed by atoms with van der Waals surface area (Å²) in [5, 5.41) is 17.6. The summed E-state index contributed by atoms with van der Waals surface area (Å²) < 4.78 is 21.5. The molecule has 3 amide bonds. The van der Waals surface area contributed by atoms with Crippen LogP contribution in [-0.4, -0.2) is 112 Å². The molecule has 0 aliphatic carbocycles. The fraction of sp³-hybridized carbons (Fsp3) is 0.872. The monoisotopic (exact) mass is 870 g/mol. The third-order valence-corrected chi connectivity index (χ3v) is 10.7. The highest BCUT2D eigenvalue weighted by atomic mass is 16.5. The number of ketones is 2. The van der Waals surface area contributed by atoms with Crippen LogP contribution in [0.2, 0.25) is 0 Å². The van der Waals surface area contributed by atoms with Gasteiger partial charge in [-0.1, -0.05) is 123 Å². The minimum Gasteiger partial charge on any atom is -0.480 e. The third kappa shape index (κ3) is 40.9. The molecule has 0 bridgehead atoms. The minimum atomic E-state index is -1.13. The number of nitrogens with one attached hydrogen (secondary N) is 3. The Kier molecular flexibility index (Phi) is 41.6. The summed E-state index contributed by atoms with van der Waals surface area (Å²) >= 11 is 0. The highest BCUT2D eigenvalue weighted by molar-refractivity contribution is 5.84. The van der Waals surface area contributed by atoms with Gasteiger partial charge in [0.25, 0.3) is 0 Å². The summed E-state index contributed by atoms with van der Waals surface area (Å²) in [4.78, 5) is 71.6. The van der Waals surface area contributed by atoms with Gasteiger partial charge in [-0.3, -0.25) is 24.0 Å². The number of Topliss-reactive ketones (excluding diaryl/α,β-unsaturated/α-hetero) is 2. The second kappa shape index (κ2) is 43.7. The Morgan fingerprint density at radius 1 is 0.475 bits per heavy atom. The van der Waals surface area contributed by atoms with E-state index in [1.807, 2.05) is 6.92 Å². The van der Waals surface area contributed by atoms with Crippen molar-refractivity contribution in [3.63, 3.8) is 0 Å². The predicted octanol–water partition coefficient (Wildman–Crippen LogP) is 7.81. The van der Waals surface area contributed by atoms with Gasteiger partial charge in [0.05, 0.1) is 33.0 Å². The lowest BCUT2D eigenvalue weighted by Gasteiger charge is -2.14. The molecule has 0 rings (SSSR count). The Morgan fingerprint density at radius 3 is 1.48 bits per heavy atom. The minimum absolute atomic E-state index is 0.0546. The first-order valence-corrected chi connectivity index (χ1v) is 24.0. The van der Waals surface area contributed by atoms with Crippen LogP contribution >= 0.6 is 0 Å². The Balaban J connectivity index is 3.65. The Labute approximate surface area is 368 Å². The van der Waals surface area contributed by atoms with Gasteiger partial charge in [0.15, 0.2) is 0 Å². The number of amides is 3. The van der Waals surface area contributed by atoms with Gasteiger partial charge in [-0.15, -0.1) is 0 Å². The van der Waals surface area contributed by atoms with Crippen LogP contribution in [0.25, 0.3) is 0 Å². The molecule has 0 heterocycles. The van der Waals surface area contributed by atoms with E-state index < -0.39 is 12.0 Å². The van der Waals surface area contributed by atoms with E-state index in [9.17, 15) is 33.9 Å². The second-order valence-corrected chi connectivity index (χ2v) is 16.3. The van der Waals surface area contributed by atoms with E-state index >= 15 is 0 Å². The van der Waals surface area contributed by atoms with E-state index in [1.54, 1.807) is 6.92 Å². The number of rotatable bonds is 47. The molecule has 61 heavy (non-hydrogen) atoms. The maximum absolute atomic E-state index is 12.4. The molecular formula is C47H87N3O11. The van der Waals surface area contributed by atoms with Crippen LogP contribution in [0.5, 0.6) is 0 Å². The van der Waals surface area contributed by atoms with Gasteiger partial charge in [-0.2, -0.15) is 0 Å². The fourth-order valence-electron chi connectivity index (χ4n) is 6.91. The standard InChI is InChI=1S/C47H87N3O11/c1-4-6-7-8-9-10-11-12-13-14-15-16-17-18-19-20-21-27-44(53)50-43(47(56)57)29-28-42(52)26-24-32-58-34-36-60-39-46(55)49-31-33-59-35-37-61-38-45(54)48-30-23-22-25-41(5-2)40(3)51/h41,43H,4-39H2,1-3H3,(H,48,54)(H,49,55)(H,50,53)(H,56,57)/t41-,43-/m0/s1. The topological polar surface area (TPSA) is 196 Å². The van der Waals surface area contributed by atoms with Crippen molar-refractivity contribution in [3.05, 3.63) is 0 Å². The maximum atomic E-state index is 12.4. The normalized spacial score (nSPS) is 12.2. The lowest BCUT2D eigenvalue weighted by molar-refractivity contribution is -0.142. The molecule has 4 N–H and O–H groups in total. The zero-order valence-corrected chi connectivity index (χ0v) is 38.6. The lowest BCUT2D eigenvalue weighted by atomic mass is 9.95. The number of hydrogen-bond donors (Lipinski definition) is 4. The zero-order valence-electron chi connectivity index (χ0n) is 38.6. The molecule has 0 aromatic rings. The van der Waals surface area contributed by atoms with Crippen molar-refractivity contribution in [2.45, 2.75) is 194 Å². The number of hydrogen-bond acceptors (Lipinski definition) is 10. The van der Waals surface area contributed by atoms with Crippen LogP contribution in [0.15, 0.2) is 0 Å². The van der Waals surface area contributed by atoms with Crippen LogP contribution in [0.3, 0.4) is 0 Å². The first-order chi connectivity index (χ1) is 29.6. The predicted molar refractivity (Wildman–Crippen MR) is 239 cm³/mol. The maximum Gasteiger partial charge on any atom is 0.326 e. The van der Waals surface area contributed by atoms with E-state index in [-0.39, 0.29) is 101 Å². The van der Waals surface area contributed by atoms with E-state index in [0.717, 1.165) is 44.9 Å². The first-order valence-electron chi connectivity index (χ1n) is 24.0. The smallest absolute Gasteiger partial charge is 0.326 e. The number of unbranched alkanes of at least 4 members (excludes halogenated alkanes) is 17. The number of carbonyl (C=O) groups is 6. The summed E-state index contributed by atoms with van der Waals surface area (Å²) in [6.45, 7) is 8.18. The van der Waals surface area contributed by atoms with Gasteiger partial charge in [0.1, 0.15) is 30.8 Å². The van der Waals surface area contributed by atoms with Gasteiger partial charge in [-0.25, -0.2) is 4.79 Å². The number of carbonyl (C=O) groups excluding carboxylic acids is 5. The average Bonchev–Trinajstić information content (AvgIpc) is 3.23. The lowest BCUT2D eigenvalue weighted by Crippen LogP contribution is -2.41. The summed E-state index contributed by atoms with van der Waals surface area (Å²) in [5.74, 6) is -1.66. The number of carboxylic acid groups (broad SMARTS) is 1. The summed E-state index contributed by atoms with van der Waals surface area (Å²) in [6, 6.07) is -1.08. The molecule has 0 saturated heterocycles. The number of aliphatic carboxylic acids is 1. The van der Waals surface area contributed by atoms with Gasteiger partial charge >= 0.3 is 5.97 Å². The van der Waals surface area contributed by atoms with E-state index in [0.29, 0.717) is 32.5 Å². The summed E-state index contributed by atoms with van der Waals surface area (Å²) in [5.41, 5.74) is 0. The SMILES string of the molecule is CCCCCCCCCCCCCCCCCCCC(=O)N[C@@H](CCC(=O)CCCOCCOCC(=O)NCCOCCOCC(=O)NCCCC[C@H](CC)C(C)=O)C(=O)O. The second-order valence-electron chi connectivity index (χ2n) is 16.3. The van der Waals surface area contributed by atoms with Crippen molar-refractivity contribution in [1.29, 1.82) is 0 Å². The average molecular weight is 870 g/mol. The molecule has 0 aromatic carbocycles. The molecule has 2 atom stereocenters. The van der Waals surface area contributed by atoms with E-state index in [4.69, 9.17) is 18.9 Å². The molecule has 0 aliphatic rings. The first kappa shape index (κ1) is 58.1. The van der Waals surface area contributed by atoms with Crippen LogP contribution < -0.4 is 16.0 Å². The van der Waals surface area contributed by atoms with Crippen LogP contribution in [0.1, 0.15) is 188 Å². The largest absolute Gasteiger partial charge is 0.480 e. The molecule has 14 nitrogen and oxygen atoms in total. The van der Waals surface area contributed by atoms with E-state index in [1.165, 1.54) is 89.9 Å². The quantitative estimate of drug-likeness (QED) is 0.0436. The molecule has 0 fully saturated rings. The zero-order chi connectivity index (χ0) is 45.0. The third-order valence-electron chi connectivity index (χ3n) is 10.7. The van der Waals surface area contributed by atoms with Gasteiger partial charge in [0, 0.05) is 44.9 Å². The van der Waals surface area contributed by atoms with Gasteiger partial charge < -0.3 is 40.0 Å². The number of ether oxygens (including phenoxy) is 4. The van der Waals surface area contributed by atoms with Crippen molar-refractivity contribution in [2.75, 3.05) is 65.9 Å². The van der Waals surface area contributed by atoms with E-state index in [2.05, 4.69) is 22.9 Å². The molecule has 0 saturated carbocycles. The van der Waals surface area contributed by atoms with Crippen LogP contribution in [0, 0.1) is 5.92 Å². The van der Waals surface area contributed by atoms with Crippen molar-refractivity contribution in [2.24, 2.45) is 5.92 Å². The highest BCUT2D eigenvalue weighted by Crippen LogP contribution is 2.15. The fourth-order valence-corrected chi connectivity index (χ4v) is 6.91. The van der Waals surface area contributed by atoms with Crippen molar-refractivity contribution in [1.82, 2.24) is 16.0 Å². The Hall–Kier alpha value is -2.94. The molecular weight excluding hydrogens is 783 g/mol. The summed E-state index contributed by atoms with van der Waals surface area (Å²) in [6.07, 6.45) is 26.0. The van der Waals surface area contributed by atoms with Crippen LogP contribution in [-0.2, 0) is 47.7 Å². The Morgan fingerprint density at radius 2 is 0.967 bits per heavy atom. The summed E-state index contributed by atoms with van der Waals surface area (Å²) in [7, 11) is 0. The highest BCUT2D eigenvalue weighted by Gasteiger charge is 2.21.